The molecule has 0 aliphatic heterocycles. The van der Waals surface area contributed by atoms with Gasteiger partial charge in [-0.25, -0.2) is 4.98 Å². The number of imidazole rings is 1. The van der Waals surface area contributed by atoms with Crippen molar-refractivity contribution in [3.05, 3.63) is 71.1 Å². The lowest BCUT2D eigenvalue weighted by Crippen LogP contribution is -2.13. The topological polar surface area (TPSA) is 45.8 Å². The Morgan fingerprint density at radius 3 is 2.95 bits per heavy atom. The Balaban J connectivity index is 1.74. The minimum absolute atomic E-state index is 0.154. The molecule has 0 amide bonds. The quantitative estimate of drug-likeness (QED) is 0.686. The van der Waals surface area contributed by atoms with E-state index in [2.05, 4.69) is 9.97 Å². The number of H-pyrrole nitrogens is 1. The second kappa shape index (κ2) is 4.70. The van der Waals surface area contributed by atoms with Crippen LogP contribution in [0.1, 0.15) is 27.9 Å². The number of aryl methyl sites for hydroxylation is 1. The first-order valence-electron chi connectivity index (χ1n) is 7.07. The van der Waals surface area contributed by atoms with Crippen LogP contribution >= 0.6 is 0 Å². The highest BCUT2D eigenvalue weighted by atomic mass is 16.1. The van der Waals surface area contributed by atoms with Gasteiger partial charge in [0.15, 0.2) is 5.78 Å². The van der Waals surface area contributed by atoms with Crippen LogP contribution in [-0.2, 0) is 6.42 Å². The summed E-state index contributed by atoms with van der Waals surface area (Å²) in [4.78, 5) is 19.9. The molecule has 0 spiro atoms. The normalized spacial score (nSPS) is 16.4. The van der Waals surface area contributed by atoms with Crippen molar-refractivity contribution in [1.82, 2.24) is 9.97 Å². The molecule has 0 fully saturated rings. The minimum atomic E-state index is 0.154. The summed E-state index contributed by atoms with van der Waals surface area (Å²) in [6, 6.07) is 13.9. The van der Waals surface area contributed by atoms with E-state index < -0.39 is 0 Å². The molecule has 2 aromatic carbocycles. The summed E-state index contributed by atoms with van der Waals surface area (Å²) < 4.78 is 0. The van der Waals surface area contributed by atoms with E-state index >= 15 is 0 Å². The molecule has 21 heavy (non-hydrogen) atoms. The summed E-state index contributed by atoms with van der Waals surface area (Å²) in [5.41, 5.74) is 5.86. The van der Waals surface area contributed by atoms with E-state index in [0.717, 1.165) is 46.1 Å². The Labute approximate surface area is 122 Å². The Bertz CT molecular complexity index is 874. The van der Waals surface area contributed by atoms with Gasteiger partial charge in [-0.05, 0) is 42.2 Å². The van der Waals surface area contributed by atoms with E-state index in [1.165, 1.54) is 0 Å². The molecule has 0 unspecified atom stereocenters. The van der Waals surface area contributed by atoms with Gasteiger partial charge in [-0.2, -0.15) is 0 Å². The number of Topliss-reactive ketones (excluding diaryl/α,β-unsaturated/α-hetero) is 1. The van der Waals surface area contributed by atoms with Crippen LogP contribution < -0.4 is 0 Å². The average Bonchev–Trinajstić information content (AvgIpc) is 2.98. The first kappa shape index (κ1) is 12.1. The molecule has 1 aliphatic carbocycles. The number of rotatable bonds is 1. The Hall–Kier alpha value is -2.68. The van der Waals surface area contributed by atoms with Crippen LogP contribution in [0.25, 0.3) is 17.1 Å². The number of carbonyl (C=O) groups is 1. The standard InChI is InChI=1S/C18H14N2O/c21-18-14(7-6-13-3-1-2-4-15(13)18)9-12-5-8-16-17(10-12)20-11-19-16/h1-5,8-11H,6-7H2,(H,19,20)/b14-9+. The number of ketones is 1. The van der Waals surface area contributed by atoms with Gasteiger partial charge in [-0.3, -0.25) is 4.79 Å². The third-order valence-corrected chi connectivity index (χ3v) is 4.00. The van der Waals surface area contributed by atoms with Gasteiger partial charge in [0, 0.05) is 11.1 Å². The van der Waals surface area contributed by atoms with Gasteiger partial charge in [-0.15, -0.1) is 0 Å². The fraction of sp³-hybridized carbons (Fsp3) is 0.111. The molecule has 0 bridgehead atoms. The summed E-state index contributed by atoms with van der Waals surface area (Å²) >= 11 is 0. The fourth-order valence-corrected chi connectivity index (χ4v) is 2.90. The number of nitrogens with zero attached hydrogens (tertiary/aromatic N) is 1. The van der Waals surface area contributed by atoms with E-state index in [1.807, 2.05) is 48.5 Å². The first-order valence-corrected chi connectivity index (χ1v) is 7.07. The Kier molecular flexibility index (Phi) is 2.71. The van der Waals surface area contributed by atoms with Gasteiger partial charge in [0.1, 0.15) is 0 Å². The van der Waals surface area contributed by atoms with E-state index in [4.69, 9.17) is 0 Å². The highest BCUT2D eigenvalue weighted by Gasteiger charge is 2.21. The van der Waals surface area contributed by atoms with Gasteiger partial charge in [-0.1, -0.05) is 30.3 Å². The lowest BCUT2D eigenvalue weighted by Gasteiger charge is -2.17. The number of carbonyl (C=O) groups excluding carboxylic acids is 1. The maximum absolute atomic E-state index is 12.5. The fourth-order valence-electron chi connectivity index (χ4n) is 2.90. The molecule has 1 N–H and O–H groups in total. The monoisotopic (exact) mass is 274 g/mol. The maximum Gasteiger partial charge on any atom is 0.189 e. The summed E-state index contributed by atoms with van der Waals surface area (Å²) in [6.45, 7) is 0. The van der Waals surface area contributed by atoms with E-state index in [1.54, 1.807) is 6.33 Å². The van der Waals surface area contributed by atoms with Crippen LogP contribution in [0, 0.1) is 0 Å². The van der Waals surface area contributed by atoms with Crippen molar-refractivity contribution in [2.24, 2.45) is 0 Å². The Morgan fingerprint density at radius 2 is 2.00 bits per heavy atom. The molecular formula is C18H14N2O. The zero-order valence-electron chi connectivity index (χ0n) is 11.5. The van der Waals surface area contributed by atoms with E-state index in [-0.39, 0.29) is 5.78 Å². The number of benzene rings is 2. The van der Waals surface area contributed by atoms with Crippen LogP contribution in [0.5, 0.6) is 0 Å². The molecule has 102 valence electrons. The number of nitrogens with one attached hydrogen (secondary N) is 1. The zero-order valence-corrected chi connectivity index (χ0v) is 11.5. The van der Waals surface area contributed by atoms with Gasteiger partial charge in [0.2, 0.25) is 0 Å². The SMILES string of the molecule is O=C1/C(=C/c2ccc3nc[nH]c3c2)CCc2ccccc21. The molecule has 3 nitrogen and oxygen atoms in total. The average molecular weight is 274 g/mol. The number of hydrogen-bond acceptors (Lipinski definition) is 2. The highest BCUT2D eigenvalue weighted by molar-refractivity contribution is 6.13. The lowest BCUT2D eigenvalue weighted by molar-refractivity contribution is 0.102. The molecular weight excluding hydrogens is 260 g/mol. The zero-order chi connectivity index (χ0) is 14.2. The van der Waals surface area contributed by atoms with Crippen molar-refractivity contribution in [2.45, 2.75) is 12.8 Å². The van der Waals surface area contributed by atoms with Crippen LogP contribution in [0.3, 0.4) is 0 Å². The van der Waals surface area contributed by atoms with Crippen LogP contribution in [-0.4, -0.2) is 15.8 Å². The van der Waals surface area contributed by atoms with Crippen molar-refractivity contribution in [2.75, 3.05) is 0 Å². The smallest absolute Gasteiger partial charge is 0.189 e. The Morgan fingerprint density at radius 1 is 1.10 bits per heavy atom. The molecule has 0 saturated carbocycles. The molecule has 1 heterocycles. The summed E-state index contributed by atoms with van der Waals surface area (Å²) in [7, 11) is 0. The molecule has 4 rings (SSSR count). The molecule has 1 aromatic heterocycles. The number of aromatic amines is 1. The van der Waals surface area contributed by atoms with Crippen molar-refractivity contribution >= 4 is 22.9 Å². The number of allylic oxidation sites excluding steroid dienone is 1. The van der Waals surface area contributed by atoms with Crippen LogP contribution in [0.2, 0.25) is 0 Å². The van der Waals surface area contributed by atoms with Crippen LogP contribution in [0.4, 0.5) is 0 Å². The lowest BCUT2D eigenvalue weighted by atomic mass is 9.86. The summed E-state index contributed by atoms with van der Waals surface area (Å²) in [5, 5.41) is 0. The predicted octanol–water partition coefficient (Wildman–Crippen LogP) is 3.78. The third-order valence-electron chi connectivity index (χ3n) is 4.00. The maximum atomic E-state index is 12.5. The second-order valence-corrected chi connectivity index (χ2v) is 5.33. The molecule has 1 aliphatic rings. The number of aromatic nitrogens is 2. The molecule has 0 atom stereocenters. The van der Waals surface area contributed by atoms with Gasteiger partial charge in [0.25, 0.3) is 0 Å². The summed E-state index contributed by atoms with van der Waals surface area (Å²) in [6.07, 6.45) is 5.42. The number of hydrogen-bond donors (Lipinski definition) is 1. The van der Waals surface area contributed by atoms with Crippen LogP contribution in [0.15, 0.2) is 54.4 Å². The van der Waals surface area contributed by atoms with Gasteiger partial charge in [0.05, 0.1) is 17.4 Å². The molecule has 0 radical (unpaired) electrons. The number of fused-ring (bicyclic) bond motifs is 2. The van der Waals surface area contributed by atoms with E-state index in [9.17, 15) is 4.79 Å². The first-order chi connectivity index (χ1) is 10.3. The van der Waals surface area contributed by atoms with Crippen molar-refractivity contribution in [3.8, 4) is 0 Å². The van der Waals surface area contributed by atoms with Crippen molar-refractivity contribution in [1.29, 1.82) is 0 Å². The van der Waals surface area contributed by atoms with Gasteiger partial charge >= 0.3 is 0 Å². The highest BCUT2D eigenvalue weighted by Crippen LogP contribution is 2.26. The molecule has 0 saturated heterocycles. The van der Waals surface area contributed by atoms with Crippen molar-refractivity contribution in [3.63, 3.8) is 0 Å². The second-order valence-electron chi connectivity index (χ2n) is 5.33. The van der Waals surface area contributed by atoms with E-state index in [0.29, 0.717) is 0 Å². The van der Waals surface area contributed by atoms with Crippen molar-refractivity contribution < 1.29 is 4.79 Å². The molecule has 3 heteroatoms. The largest absolute Gasteiger partial charge is 0.345 e. The molecule has 3 aromatic rings. The third kappa shape index (κ3) is 2.07. The predicted molar refractivity (Wildman–Crippen MR) is 83.2 cm³/mol. The van der Waals surface area contributed by atoms with Gasteiger partial charge < -0.3 is 4.98 Å². The minimum Gasteiger partial charge on any atom is -0.345 e. The summed E-state index contributed by atoms with van der Waals surface area (Å²) in [5.74, 6) is 0.154.